The van der Waals surface area contributed by atoms with Crippen molar-refractivity contribution < 1.29 is 19.8 Å². The number of carbonyl (C=O) groups excluding carboxylic acids is 1. The van der Waals surface area contributed by atoms with E-state index < -0.39 is 24.2 Å². The molecule has 1 aliphatic heterocycles. The summed E-state index contributed by atoms with van der Waals surface area (Å²) in [5.74, 6) is 0.996. The van der Waals surface area contributed by atoms with Gasteiger partial charge >= 0.3 is 0 Å². The van der Waals surface area contributed by atoms with Crippen LogP contribution in [0.5, 0.6) is 0 Å². The fraction of sp³-hybridized carbons (Fsp3) is 0.586. The minimum atomic E-state index is -0.805. The van der Waals surface area contributed by atoms with Gasteiger partial charge in [-0.3, -0.25) is 14.6 Å². The van der Waals surface area contributed by atoms with E-state index in [2.05, 4.69) is 37.1 Å². The van der Waals surface area contributed by atoms with Gasteiger partial charge < -0.3 is 15.5 Å². The number of carbonyl (C=O) groups is 1. The van der Waals surface area contributed by atoms with Gasteiger partial charge in [-0.15, -0.1) is 0 Å². The summed E-state index contributed by atoms with van der Waals surface area (Å²) in [6, 6.07) is 11.4. The number of fused-ring (bicyclic) bond motifs is 2. The quantitative estimate of drug-likeness (QED) is 0.547. The van der Waals surface area contributed by atoms with E-state index in [1.54, 1.807) is 18.2 Å². The Morgan fingerprint density at radius 1 is 1.25 bits per heavy atom. The van der Waals surface area contributed by atoms with Crippen LogP contribution in [0.15, 0.2) is 48.8 Å². The lowest BCUT2D eigenvalue weighted by atomic mass is 9.45. The standard InChI is InChI=1S/C29H39N3O4/c1-17-23-12-22(29(23,3)4)13-24(17)31-28(35)27-26(18(2)34)25(16-33)36-32(27)15-19-7-5-8-20(11-19)21-9-6-10-30-14-21/h5-11,14,17-18,22-27,33-34H,12-13,15-16H2,1-4H3,(H,31,35)/t17-,18-,22+,23-,24?,25-,26+,27-/m0/s1. The molecule has 1 aromatic heterocycles. The van der Waals surface area contributed by atoms with Crippen molar-refractivity contribution in [1.29, 1.82) is 0 Å². The largest absolute Gasteiger partial charge is 0.394 e. The Kier molecular flexibility index (Phi) is 6.94. The Labute approximate surface area is 213 Å². The molecule has 1 amide bonds. The molecule has 8 atom stereocenters. The summed E-state index contributed by atoms with van der Waals surface area (Å²) >= 11 is 0. The van der Waals surface area contributed by atoms with E-state index in [-0.39, 0.29) is 18.6 Å². The Morgan fingerprint density at radius 3 is 2.67 bits per heavy atom. The molecule has 2 aromatic rings. The van der Waals surface area contributed by atoms with Gasteiger partial charge in [0, 0.05) is 24.4 Å². The van der Waals surface area contributed by atoms with E-state index in [1.807, 2.05) is 36.5 Å². The number of hydrogen-bond donors (Lipinski definition) is 3. The molecule has 36 heavy (non-hydrogen) atoms. The summed E-state index contributed by atoms with van der Waals surface area (Å²) in [5, 5.41) is 25.6. The summed E-state index contributed by atoms with van der Waals surface area (Å²) in [5.41, 5.74) is 3.36. The van der Waals surface area contributed by atoms with Gasteiger partial charge in [-0.2, -0.15) is 5.06 Å². The van der Waals surface area contributed by atoms with Crippen LogP contribution < -0.4 is 5.32 Å². The normalized spacial score (nSPS) is 34.1. The highest BCUT2D eigenvalue weighted by Crippen LogP contribution is 2.61. The van der Waals surface area contributed by atoms with Crippen LogP contribution in [0.2, 0.25) is 0 Å². The summed E-state index contributed by atoms with van der Waals surface area (Å²) < 4.78 is 0. The highest BCUT2D eigenvalue weighted by Gasteiger charge is 2.57. The molecular weight excluding hydrogens is 454 g/mol. The molecule has 4 aliphatic rings. The lowest BCUT2D eigenvalue weighted by molar-refractivity contribution is -0.183. The molecule has 1 unspecified atom stereocenters. The lowest BCUT2D eigenvalue weighted by Crippen LogP contribution is -2.62. The van der Waals surface area contributed by atoms with Crippen LogP contribution in [-0.2, 0) is 16.2 Å². The number of benzene rings is 1. The van der Waals surface area contributed by atoms with Crippen molar-refractivity contribution in [3.05, 3.63) is 54.4 Å². The van der Waals surface area contributed by atoms with Crippen LogP contribution in [0.4, 0.5) is 0 Å². The molecule has 3 saturated carbocycles. The number of aliphatic hydroxyl groups is 2. The summed E-state index contributed by atoms with van der Waals surface area (Å²) in [6.45, 7) is 8.73. The van der Waals surface area contributed by atoms with Crippen molar-refractivity contribution >= 4 is 5.91 Å². The molecule has 2 heterocycles. The van der Waals surface area contributed by atoms with E-state index in [0.717, 1.165) is 23.1 Å². The molecule has 0 spiro atoms. The first-order valence-corrected chi connectivity index (χ1v) is 13.2. The van der Waals surface area contributed by atoms with Gasteiger partial charge in [0.05, 0.1) is 19.3 Å². The Hall–Kier alpha value is -2.32. The second-order valence-corrected chi connectivity index (χ2v) is 11.7. The maximum atomic E-state index is 13.8. The van der Waals surface area contributed by atoms with Gasteiger partial charge in [-0.25, -0.2) is 0 Å². The molecule has 7 heteroatoms. The first kappa shape index (κ1) is 25.3. The number of hydrogen-bond acceptors (Lipinski definition) is 6. The van der Waals surface area contributed by atoms with Gasteiger partial charge in [0.2, 0.25) is 5.91 Å². The van der Waals surface area contributed by atoms with Crippen LogP contribution in [0, 0.1) is 29.1 Å². The van der Waals surface area contributed by atoms with Crippen molar-refractivity contribution in [1.82, 2.24) is 15.4 Å². The van der Waals surface area contributed by atoms with Crippen LogP contribution >= 0.6 is 0 Å². The minimum absolute atomic E-state index is 0.118. The molecule has 1 aromatic carbocycles. The maximum absolute atomic E-state index is 13.8. The summed E-state index contributed by atoms with van der Waals surface area (Å²) in [4.78, 5) is 24.1. The second-order valence-electron chi connectivity index (χ2n) is 11.7. The average Bonchev–Trinajstić information content (AvgIpc) is 3.24. The molecule has 3 aliphatic carbocycles. The van der Waals surface area contributed by atoms with Crippen molar-refractivity contribution in [2.45, 2.75) is 71.4 Å². The van der Waals surface area contributed by atoms with Crippen LogP contribution in [-0.4, -0.2) is 57.1 Å². The van der Waals surface area contributed by atoms with E-state index >= 15 is 0 Å². The zero-order chi connectivity index (χ0) is 25.6. The van der Waals surface area contributed by atoms with E-state index in [0.29, 0.717) is 29.7 Å². The SMILES string of the molecule is C[C@H](O)[C@@H]1[C@H](CO)ON(Cc2cccc(-c3cccnc3)c2)[C@@H]1C(=O)NC1C[C@H]2C[C@@H]([C@@H]1C)C2(C)C. The highest BCUT2D eigenvalue weighted by molar-refractivity contribution is 5.83. The number of aromatic nitrogens is 1. The van der Waals surface area contributed by atoms with Gasteiger partial charge in [0.1, 0.15) is 12.1 Å². The van der Waals surface area contributed by atoms with Gasteiger partial charge in [-0.1, -0.05) is 45.0 Å². The van der Waals surface area contributed by atoms with Gasteiger partial charge in [0.25, 0.3) is 0 Å². The van der Waals surface area contributed by atoms with Crippen LogP contribution in [0.3, 0.4) is 0 Å². The van der Waals surface area contributed by atoms with Gasteiger partial charge in [0.15, 0.2) is 0 Å². The number of aliphatic hydroxyl groups excluding tert-OH is 2. The molecule has 194 valence electrons. The average molecular weight is 494 g/mol. The second kappa shape index (κ2) is 9.86. The van der Waals surface area contributed by atoms with Crippen molar-refractivity contribution in [3.63, 3.8) is 0 Å². The molecule has 1 saturated heterocycles. The number of rotatable bonds is 7. The van der Waals surface area contributed by atoms with Crippen LogP contribution in [0.25, 0.3) is 11.1 Å². The number of nitrogens with zero attached hydrogens (tertiary/aromatic N) is 2. The lowest BCUT2D eigenvalue weighted by Gasteiger charge is -2.62. The minimum Gasteiger partial charge on any atom is -0.394 e. The fourth-order valence-corrected chi connectivity index (χ4v) is 7.05. The summed E-state index contributed by atoms with van der Waals surface area (Å²) in [6.07, 6.45) is 4.36. The first-order chi connectivity index (χ1) is 17.2. The molecule has 3 N–H and O–H groups in total. The fourth-order valence-electron chi connectivity index (χ4n) is 7.05. The summed E-state index contributed by atoms with van der Waals surface area (Å²) in [7, 11) is 0. The molecular formula is C29H39N3O4. The third-order valence-electron chi connectivity index (χ3n) is 9.32. The number of amides is 1. The van der Waals surface area contributed by atoms with Gasteiger partial charge in [-0.05, 0) is 71.8 Å². The molecule has 7 nitrogen and oxygen atoms in total. The Bertz CT molecular complexity index is 1080. The topological polar surface area (TPSA) is 94.9 Å². The number of hydroxylamine groups is 2. The first-order valence-electron chi connectivity index (χ1n) is 13.2. The highest BCUT2D eigenvalue weighted by atomic mass is 16.7. The predicted molar refractivity (Wildman–Crippen MR) is 137 cm³/mol. The zero-order valence-corrected chi connectivity index (χ0v) is 21.7. The van der Waals surface area contributed by atoms with Crippen molar-refractivity contribution in [3.8, 4) is 11.1 Å². The van der Waals surface area contributed by atoms with Crippen molar-refractivity contribution in [2.24, 2.45) is 29.1 Å². The van der Waals surface area contributed by atoms with Crippen molar-refractivity contribution in [2.75, 3.05) is 6.61 Å². The molecule has 6 rings (SSSR count). The zero-order valence-electron chi connectivity index (χ0n) is 21.7. The Morgan fingerprint density at radius 2 is 2.03 bits per heavy atom. The number of pyridine rings is 1. The molecule has 4 fully saturated rings. The maximum Gasteiger partial charge on any atom is 0.240 e. The Balaban J connectivity index is 1.36. The smallest absolute Gasteiger partial charge is 0.240 e. The third kappa shape index (κ3) is 4.47. The van der Waals surface area contributed by atoms with Crippen LogP contribution in [0.1, 0.15) is 46.1 Å². The van der Waals surface area contributed by atoms with E-state index in [4.69, 9.17) is 4.84 Å². The number of nitrogens with one attached hydrogen (secondary N) is 1. The third-order valence-corrected chi connectivity index (χ3v) is 9.32. The van der Waals surface area contributed by atoms with E-state index in [9.17, 15) is 15.0 Å². The monoisotopic (exact) mass is 493 g/mol. The molecule has 0 radical (unpaired) electrons. The molecule has 2 bridgehead atoms. The predicted octanol–water partition coefficient (Wildman–Crippen LogP) is 3.41. The van der Waals surface area contributed by atoms with E-state index in [1.165, 1.54) is 6.42 Å².